The SMILES string of the molecule is CC1CN(c2ncc(CCl)cn2)CC(C)O1. The molecule has 1 aromatic rings. The fourth-order valence-corrected chi connectivity index (χ4v) is 2.06. The summed E-state index contributed by atoms with van der Waals surface area (Å²) >= 11 is 5.70. The van der Waals surface area contributed by atoms with Crippen LogP contribution in [-0.2, 0) is 10.6 Å². The van der Waals surface area contributed by atoms with Gasteiger partial charge < -0.3 is 9.64 Å². The van der Waals surface area contributed by atoms with Crippen molar-refractivity contribution in [3.8, 4) is 0 Å². The number of hydrogen-bond acceptors (Lipinski definition) is 4. The monoisotopic (exact) mass is 241 g/mol. The second kappa shape index (κ2) is 4.97. The lowest BCUT2D eigenvalue weighted by molar-refractivity contribution is -0.00572. The van der Waals surface area contributed by atoms with Crippen molar-refractivity contribution in [2.45, 2.75) is 31.9 Å². The van der Waals surface area contributed by atoms with Crippen molar-refractivity contribution in [2.24, 2.45) is 0 Å². The standard InChI is InChI=1S/C11H16ClN3O/c1-8-6-15(7-9(2)16-8)11-13-4-10(3-12)5-14-11/h4-5,8-9H,3,6-7H2,1-2H3. The van der Waals surface area contributed by atoms with Crippen LogP contribution in [0.4, 0.5) is 5.95 Å². The molecule has 4 nitrogen and oxygen atoms in total. The fourth-order valence-electron chi connectivity index (χ4n) is 1.92. The molecule has 0 bridgehead atoms. The minimum absolute atomic E-state index is 0.222. The van der Waals surface area contributed by atoms with Gasteiger partial charge in [0.15, 0.2) is 0 Å². The molecule has 0 saturated carbocycles. The van der Waals surface area contributed by atoms with E-state index in [-0.39, 0.29) is 12.2 Å². The molecule has 0 N–H and O–H groups in total. The number of rotatable bonds is 2. The van der Waals surface area contributed by atoms with Crippen LogP contribution in [0.15, 0.2) is 12.4 Å². The molecule has 2 heterocycles. The van der Waals surface area contributed by atoms with Gasteiger partial charge in [0.2, 0.25) is 5.95 Å². The summed E-state index contributed by atoms with van der Waals surface area (Å²) in [7, 11) is 0. The van der Waals surface area contributed by atoms with E-state index >= 15 is 0 Å². The minimum atomic E-state index is 0.222. The molecule has 88 valence electrons. The van der Waals surface area contributed by atoms with Crippen LogP contribution in [-0.4, -0.2) is 35.3 Å². The van der Waals surface area contributed by atoms with Gasteiger partial charge in [-0.1, -0.05) is 0 Å². The topological polar surface area (TPSA) is 38.2 Å². The van der Waals surface area contributed by atoms with E-state index in [1.807, 2.05) is 0 Å². The maximum Gasteiger partial charge on any atom is 0.225 e. The smallest absolute Gasteiger partial charge is 0.225 e. The Bertz CT molecular complexity index is 334. The number of aromatic nitrogens is 2. The van der Waals surface area contributed by atoms with Gasteiger partial charge in [0.05, 0.1) is 18.1 Å². The van der Waals surface area contributed by atoms with Gasteiger partial charge in [-0.2, -0.15) is 0 Å². The van der Waals surface area contributed by atoms with E-state index in [0.29, 0.717) is 5.88 Å². The summed E-state index contributed by atoms with van der Waals surface area (Å²) < 4.78 is 5.66. The average molecular weight is 242 g/mol. The van der Waals surface area contributed by atoms with Gasteiger partial charge >= 0.3 is 0 Å². The third-order valence-corrected chi connectivity index (χ3v) is 2.86. The number of anilines is 1. The van der Waals surface area contributed by atoms with Gasteiger partial charge in [-0.15, -0.1) is 11.6 Å². The highest BCUT2D eigenvalue weighted by atomic mass is 35.5. The number of morpholine rings is 1. The van der Waals surface area contributed by atoms with Gasteiger partial charge in [0, 0.05) is 31.0 Å². The quantitative estimate of drug-likeness (QED) is 0.741. The summed E-state index contributed by atoms with van der Waals surface area (Å²) in [6, 6.07) is 0. The molecule has 1 fully saturated rings. The van der Waals surface area contributed by atoms with Crippen LogP contribution in [0, 0.1) is 0 Å². The zero-order valence-electron chi connectivity index (χ0n) is 9.56. The number of hydrogen-bond donors (Lipinski definition) is 0. The van der Waals surface area contributed by atoms with E-state index in [4.69, 9.17) is 16.3 Å². The second-order valence-corrected chi connectivity index (χ2v) is 4.45. The largest absolute Gasteiger partial charge is 0.372 e. The lowest BCUT2D eigenvalue weighted by Gasteiger charge is -2.35. The first-order valence-corrected chi connectivity index (χ1v) is 5.99. The third kappa shape index (κ3) is 2.62. The zero-order valence-corrected chi connectivity index (χ0v) is 10.3. The summed E-state index contributed by atoms with van der Waals surface area (Å²) in [4.78, 5) is 10.8. The molecule has 1 saturated heterocycles. The Hall–Kier alpha value is -0.870. The molecule has 0 aliphatic carbocycles. The molecule has 0 aromatic carbocycles. The molecule has 2 unspecified atom stereocenters. The molecule has 5 heteroatoms. The predicted octanol–water partition coefficient (Wildman–Crippen LogP) is 1.83. The molecule has 2 atom stereocenters. The van der Waals surface area contributed by atoms with Gasteiger partial charge in [-0.05, 0) is 13.8 Å². The molecule has 1 aliphatic rings. The normalized spacial score (nSPS) is 25.8. The van der Waals surface area contributed by atoms with Crippen molar-refractivity contribution < 1.29 is 4.74 Å². The maximum atomic E-state index is 5.70. The van der Waals surface area contributed by atoms with Crippen LogP contribution < -0.4 is 4.90 Å². The molecule has 0 amide bonds. The van der Waals surface area contributed by atoms with E-state index in [2.05, 4.69) is 28.7 Å². The second-order valence-electron chi connectivity index (χ2n) is 4.19. The third-order valence-electron chi connectivity index (χ3n) is 2.55. The number of ether oxygens (including phenoxy) is 1. The van der Waals surface area contributed by atoms with E-state index < -0.39 is 0 Å². The van der Waals surface area contributed by atoms with E-state index in [1.165, 1.54) is 0 Å². The van der Waals surface area contributed by atoms with Crippen molar-refractivity contribution in [2.75, 3.05) is 18.0 Å². The molecule has 0 radical (unpaired) electrons. The Morgan fingerprint density at radius 1 is 1.31 bits per heavy atom. The highest BCUT2D eigenvalue weighted by molar-refractivity contribution is 6.17. The fraction of sp³-hybridized carbons (Fsp3) is 0.636. The highest BCUT2D eigenvalue weighted by Gasteiger charge is 2.23. The molecular weight excluding hydrogens is 226 g/mol. The molecule has 1 aliphatic heterocycles. The van der Waals surface area contributed by atoms with Crippen molar-refractivity contribution in [3.05, 3.63) is 18.0 Å². The number of alkyl halides is 1. The summed E-state index contributed by atoms with van der Waals surface area (Å²) in [5.74, 6) is 1.21. The van der Waals surface area contributed by atoms with Crippen LogP contribution in [0.25, 0.3) is 0 Å². The molecule has 0 spiro atoms. The summed E-state index contributed by atoms with van der Waals surface area (Å²) in [6.07, 6.45) is 4.00. The van der Waals surface area contributed by atoms with Gasteiger partial charge in [0.25, 0.3) is 0 Å². The summed E-state index contributed by atoms with van der Waals surface area (Å²) in [5, 5.41) is 0. The van der Waals surface area contributed by atoms with Crippen LogP contribution in [0.1, 0.15) is 19.4 Å². The lowest BCUT2D eigenvalue weighted by Crippen LogP contribution is -2.46. The predicted molar refractivity (Wildman–Crippen MR) is 63.8 cm³/mol. The Kier molecular flexibility index (Phi) is 3.61. The summed E-state index contributed by atoms with van der Waals surface area (Å²) in [6.45, 7) is 5.81. The number of nitrogens with zero attached hydrogens (tertiary/aromatic N) is 3. The maximum absolute atomic E-state index is 5.70. The Labute approximate surface area is 101 Å². The molecule has 16 heavy (non-hydrogen) atoms. The van der Waals surface area contributed by atoms with Gasteiger partial charge in [0.1, 0.15) is 0 Å². The van der Waals surface area contributed by atoms with Crippen LogP contribution in [0.3, 0.4) is 0 Å². The van der Waals surface area contributed by atoms with Crippen molar-refractivity contribution in [1.29, 1.82) is 0 Å². The van der Waals surface area contributed by atoms with E-state index in [0.717, 1.165) is 24.6 Å². The van der Waals surface area contributed by atoms with Crippen molar-refractivity contribution in [1.82, 2.24) is 9.97 Å². The first kappa shape index (κ1) is 11.6. The van der Waals surface area contributed by atoms with E-state index in [9.17, 15) is 0 Å². The van der Waals surface area contributed by atoms with Crippen LogP contribution in [0.5, 0.6) is 0 Å². The van der Waals surface area contributed by atoms with Gasteiger partial charge in [-0.25, -0.2) is 9.97 Å². The van der Waals surface area contributed by atoms with Crippen LogP contribution >= 0.6 is 11.6 Å². The average Bonchev–Trinajstić information content (AvgIpc) is 2.28. The number of halogens is 1. The lowest BCUT2D eigenvalue weighted by atomic mass is 10.2. The summed E-state index contributed by atoms with van der Waals surface area (Å²) in [5.41, 5.74) is 0.944. The van der Waals surface area contributed by atoms with Crippen LogP contribution in [0.2, 0.25) is 0 Å². The van der Waals surface area contributed by atoms with E-state index in [1.54, 1.807) is 12.4 Å². The molecular formula is C11H16ClN3O. The first-order chi connectivity index (χ1) is 7.69. The first-order valence-electron chi connectivity index (χ1n) is 5.46. The minimum Gasteiger partial charge on any atom is -0.372 e. The Morgan fingerprint density at radius 3 is 2.38 bits per heavy atom. The van der Waals surface area contributed by atoms with Crippen molar-refractivity contribution in [3.63, 3.8) is 0 Å². The molecule has 2 rings (SSSR count). The highest BCUT2D eigenvalue weighted by Crippen LogP contribution is 2.16. The van der Waals surface area contributed by atoms with Gasteiger partial charge in [-0.3, -0.25) is 0 Å². The Morgan fingerprint density at radius 2 is 1.88 bits per heavy atom. The zero-order chi connectivity index (χ0) is 11.5. The molecule has 1 aromatic heterocycles. The van der Waals surface area contributed by atoms with Crippen molar-refractivity contribution >= 4 is 17.5 Å². The Balaban J connectivity index is 2.10.